The molecule has 1 aliphatic rings. The predicted octanol–water partition coefficient (Wildman–Crippen LogP) is 4.02. The third kappa shape index (κ3) is 2.59. The molecule has 1 aliphatic heterocycles. The van der Waals surface area contributed by atoms with Crippen LogP contribution in [-0.4, -0.2) is 11.9 Å². The molecule has 20 heavy (non-hydrogen) atoms. The van der Waals surface area contributed by atoms with Crippen LogP contribution in [0.5, 0.6) is 23.0 Å². The Morgan fingerprint density at radius 2 is 1.95 bits per heavy atom. The second-order valence-electron chi connectivity index (χ2n) is 4.48. The highest BCUT2D eigenvalue weighted by Crippen LogP contribution is 2.38. The van der Waals surface area contributed by atoms with Crippen molar-refractivity contribution in [1.82, 2.24) is 0 Å². The lowest BCUT2D eigenvalue weighted by Gasteiger charge is -2.11. The number of fused-ring (bicyclic) bond motifs is 1. The van der Waals surface area contributed by atoms with Gasteiger partial charge in [-0.05, 0) is 52.7 Å². The van der Waals surface area contributed by atoms with Crippen LogP contribution in [0.15, 0.2) is 40.9 Å². The first-order chi connectivity index (χ1) is 9.63. The highest BCUT2D eigenvalue weighted by molar-refractivity contribution is 9.10. The molecular formula is C15H13BrO4. The van der Waals surface area contributed by atoms with Gasteiger partial charge in [0.05, 0.1) is 10.6 Å². The molecule has 0 fully saturated rings. The van der Waals surface area contributed by atoms with Crippen LogP contribution in [0.4, 0.5) is 0 Å². The van der Waals surface area contributed by atoms with Gasteiger partial charge in [0.1, 0.15) is 11.5 Å². The molecule has 0 saturated heterocycles. The highest BCUT2D eigenvalue weighted by atomic mass is 79.9. The third-order valence-corrected chi connectivity index (χ3v) is 3.63. The molecule has 104 valence electrons. The zero-order chi connectivity index (χ0) is 14.1. The van der Waals surface area contributed by atoms with Gasteiger partial charge in [0.2, 0.25) is 6.79 Å². The quantitative estimate of drug-likeness (QED) is 0.919. The molecule has 0 amide bonds. The molecule has 0 radical (unpaired) electrons. The molecule has 0 saturated carbocycles. The number of benzene rings is 2. The molecule has 2 aromatic carbocycles. The van der Waals surface area contributed by atoms with E-state index in [4.69, 9.17) is 14.2 Å². The van der Waals surface area contributed by atoms with E-state index < -0.39 is 6.10 Å². The van der Waals surface area contributed by atoms with Gasteiger partial charge < -0.3 is 19.3 Å². The van der Waals surface area contributed by atoms with Crippen molar-refractivity contribution >= 4 is 15.9 Å². The van der Waals surface area contributed by atoms with Crippen molar-refractivity contribution in [3.05, 3.63) is 46.4 Å². The van der Waals surface area contributed by atoms with Crippen molar-refractivity contribution in [2.75, 3.05) is 6.79 Å². The fourth-order valence-electron chi connectivity index (χ4n) is 1.93. The first-order valence-corrected chi connectivity index (χ1v) is 6.98. The van der Waals surface area contributed by atoms with Crippen LogP contribution in [0.3, 0.4) is 0 Å². The lowest BCUT2D eigenvalue weighted by Crippen LogP contribution is -1.93. The lowest BCUT2D eigenvalue weighted by molar-refractivity contribution is 0.174. The summed E-state index contributed by atoms with van der Waals surface area (Å²) >= 11 is 3.44. The van der Waals surface area contributed by atoms with Crippen LogP contribution in [0.2, 0.25) is 0 Å². The minimum absolute atomic E-state index is 0.242. The summed E-state index contributed by atoms with van der Waals surface area (Å²) < 4.78 is 17.2. The summed E-state index contributed by atoms with van der Waals surface area (Å²) in [6, 6.07) is 10.9. The number of rotatable bonds is 3. The minimum atomic E-state index is -0.508. The van der Waals surface area contributed by atoms with Crippen molar-refractivity contribution < 1.29 is 19.3 Å². The van der Waals surface area contributed by atoms with E-state index >= 15 is 0 Å². The molecule has 0 bridgehead atoms. The van der Waals surface area contributed by atoms with Gasteiger partial charge in [0, 0.05) is 6.07 Å². The number of hydrogen-bond donors (Lipinski definition) is 1. The molecule has 1 heterocycles. The van der Waals surface area contributed by atoms with Crippen molar-refractivity contribution in [1.29, 1.82) is 0 Å². The van der Waals surface area contributed by atoms with E-state index in [0.29, 0.717) is 17.2 Å². The van der Waals surface area contributed by atoms with E-state index in [1.807, 2.05) is 30.3 Å². The predicted molar refractivity (Wildman–Crippen MR) is 77.4 cm³/mol. The van der Waals surface area contributed by atoms with Crippen LogP contribution in [-0.2, 0) is 0 Å². The molecule has 0 aromatic heterocycles. The van der Waals surface area contributed by atoms with Crippen molar-refractivity contribution in [3.8, 4) is 23.0 Å². The van der Waals surface area contributed by atoms with Crippen LogP contribution < -0.4 is 14.2 Å². The average Bonchev–Trinajstić information content (AvgIpc) is 2.88. The SMILES string of the molecule is CC(O)c1ccc(Oc2ccc3c(c2)OCO3)c(Br)c1. The minimum Gasteiger partial charge on any atom is -0.456 e. The Morgan fingerprint density at radius 1 is 1.15 bits per heavy atom. The van der Waals surface area contributed by atoms with E-state index in [2.05, 4.69) is 15.9 Å². The molecule has 3 rings (SSSR count). The normalized spacial score (nSPS) is 14.2. The molecule has 4 nitrogen and oxygen atoms in total. The fraction of sp³-hybridized carbons (Fsp3) is 0.200. The Kier molecular flexibility index (Phi) is 3.54. The number of aliphatic hydroxyl groups excluding tert-OH is 1. The first-order valence-electron chi connectivity index (χ1n) is 6.18. The van der Waals surface area contributed by atoms with Crippen molar-refractivity contribution in [2.45, 2.75) is 13.0 Å². The maximum Gasteiger partial charge on any atom is 0.231 e. The number of ether oxygens (including phenoxy) is 3. The van der Waals surface area contributed by atoms with E-state index in [0.717, 1.165) is 15.8 Å². The van der Waals surface area contributed by atoms with Gasteiger partial charge in [-0.2, -0.15) is 0 Å². The van der Waals surface area contributed by atoms with Crippen molar-refractivity contribution in [2.24, 2.45) is 0 Å². The van der Waals surface area contributed by atoms with Gasteiger partial charge in [0.25, 0.3) is 0 Å². The topological polar surface area (TPSA) is 47.9 Å². The molecule has 0 spiro atoms. The zero-order valence-corrected chi connectivity index (χ0v) is 12.4. The number of hydrogen-bond acceptors (Lipinski definition) is 4. The van der Waals surface area contributed by atoms with E-state index in [1.54, 1.807) is 13.0 Å². The summed E-state index contributed by atoms with van der Waals surface area (Å²) in [5.41, 5.74) is 0.829. The van der Waals surface area contributed by atoms with Crippen LogP contribution in [0.1, 0.15) is 18.6 Å². The van der Waals surface area contributed by atoms with Gasteiger partial charge in [0.15, 0.2) is 11.5 Å². The molecule has 1 atom stereocenters. The zero-order valence-electron chi connectivity index (χ0n) is 10.8. The van der Waals surface area contributed by atoms with Gasteiger partial charge in [-0.15, -0.1) is 0 Å². The van der Waals surface area contributed by atoms with Gasteiger partial charge in [-0.3, -0.25) is 0 Å². The molecule has 0 aliphatic carbocycles. The summed E-state index contributed by atoms with van der Waals surface area (Å²) in [4.78, 5) is 0. The summed E-state index contributed by atoms with van der Waals surface area (Å²) in [6.07, 6.45) is -0.508. The van der Waals surface area contributed by atoms with Crippen molar-refractivity contribution in [3.63, 3.8) is 0 Å². The highest BCUT2D eigenvalue weighted by Gasteiger charge is 2.14. The Bertz CT molecular complexity index is 640. The smallest absolute Gasteiger partial charge is 0.231 e. The maximum atomic E-state index is 9.54. The van der Waals surface area contributed by atoms with Crippen LogP contribution in [0, 0.1) is 0 Å². The van der Waals surface area contributed by atoms with E-state index in [1.165, 1.54) is 0 Å². The van der Waals surface area contributed by atoms with E-state index in [-0.39, 0.29) is 6.79 Å². The molecule has 5 heteroatoms. The third-order valence-electron chi connectivity index (χ3n) is 3.01. The lowest BCUT2D eigenvalue weighted by atomic mass is 10.1. The van der Waals surface area contributed by atoms with Gasteiger partial charge >= 0.3 is 0 Å². The number of aliphatic hydroxyl groups is 1. The molecule has 1 N–H and O–H groups in total. The summed E-state index contributed by atoms with van der Waals surface area (Å²) in [5.74, 6) is 2.74. The van der Waals surface area contributed by atoms with Crippen LogP contribution in [0.25, 0.3) is 0 Å². The van der Waals surface area contributed by atoms with E-state index in [9.17, 15) is 5.11 Å². The van der Waals surface area contributed by atoms with Gasteiger partial charge in [-0.25, -0.2) is 0 Å². The molecular weight excluding hydrogens is 324 g/mol. The standard InChI is InChI=1S/C15H13BrO4/c1-9(17)10-2-4-13(12(16)6-10)20-11-3-5-14-15(7-11)19-8-18-14/h2-7,9,17H,8H2,1H3. The monoisotopic (exact) mass is 336 g/mol. The fourth-order valence-corrected chi connectivity index (χ4v) is 2.40. The molecule has 2 aromatic rings. The maximum absolute atomic E-state index is 9.54. The van der Waals surface area contributed by atoms with Crippen LogP contribution >= 0.6 is 15.9 Å². The Morgan fingerprint density at radius 3 is 2.70 bits per heavy atom. The first kappa shape index (κ1) is 13.3. The Hall–Kier alpha value is -1.72. The van der Waals surface area contributed by atoms with Gasteiger partial charge in [-0.1, -0.05) is 6.07 Å². The second kappa shape index (κ2) is 5.34. The second-order valence-corrected chi connectivity index (χ2v) is 5.34. The summed E-state index contributed by atoms with van der Waals surface area (Å²) in [6.45, 7) is 1.96. The largest absolute Gasteiger partial charge is 0.456 e. The Balaban J connectivity index is 1.84. The average molecular weight is 337 g/mol. The summed E-state index contributed by atoms with van der Waals surface area (Å²) in [7, 11) is 0. The molecule has 1 unspecified atom stereocenters. The Labute approximate surface area is 125 Å². The number of halogens is 1. The summed E-state index contributed by atoms with van der Waals surface area (Å²) in [5, 5.41) is 9.54.